The van der Waals surface area contributed by atoms with Gasteiger partial charge in [-0.25, -0.2) is 16.8 Å². The van der Waals surface area contributed by atoms with Gasteiger partial charge in [0.1, 0.15) is 0 Å². The van der Waals surface area contributed by atoms with Gasteiger partial charge in [0.05, 0.1) is 29.1 Å². The molecule has 0 bridgehead atoms. The highest BCUT2D eigenvalue weighted by Crippen LogP contribution is 2.24. The Bertz CT molecular complexity index is 1180. The van der Waals surface area contributed by atoms with Gasteiger partial charge < -0.3 is 9.13 Å². The maximum atomic E-state index is 12.8. The van der Waals surface area contributed by atoms with E-state index in [4.69, 9.17) is 12.2 Å². The molecular weight excluding hydrogens is 444 g/mol. The standard InChI is InChI=1S/C19H26N4O4S3/c1-20-18(16-5-3-2-4-6-16)13-22(19(20)28)15-21-8-10-23(11-9-21)30(26,27)17-7-12-29(24,25)14-17/h2-6,13,17H,7-12,14-15H2,1H3. The molecule has 2 aliphatic heterocycles. The van der Waals surface area contributed by atoms with Crippen LogP contribution in [-0.4, -0.2) is 78.1 Å². The molecule has 164 valence electrons. The number of nitrogens with zero attached hydrogens (tertiary/aromatic N) is 4. The van der Waals surface area contributed by atoms with Gasteiger partial charge in [-0.05, 0) is 24.2 Å². The van der Waals surface area contributed by atoms with Crippen molar-refractivity contribution in [2.75, 3.05) is 37.7 Å². The summed E-state index contributed by atoms with van der Waals surface area (Å²) in [5.41, 5.74) is 2.12. The summed E-state index contributed by atoms with van der Waals surface area (Å²) in [6, 6.07) is 10.0. The summed E-state index contributed by atoms with van der Waals surface area (Å²) in [6.45, 7) is 2.48. The van der Waals surface area contributed by atoms with Crippen molar-refractivity contribution in [3.05, 3.63) is 41.3 Å². The van der Waals surface area contributed by atoms with Crippen molar-refractivity contribution in [2.45, 2.75) is 18.3 Å². The molecule has 3 heterocycles. The van der Waals surface area contributed by atoms with E-state index in [1.54, 1.807) is 0 Å². The molecule has 8 nitrogen and oxygen atoms in total. The van der Waals surface area contributed by atoms with E-state index in [9.17, 15) is 16.8 Å². The second-order valence-electron chi connectivity index (χ2n) is 7.92. The highest BCUT2D eigenvalue weighted by atomic mass is 32.2. The van der Waals surface area contributed by atoms with Crippen LogP contribution in [-0.2, 0) is 33.6 Å². The minimum Gasteiger partial charge on any atom is -0.320 e. The van der Waals surface area contributed by atoms with E-state index in [0.717, 1.165) is 11.3 Å². The Morgan fingerprint density at radius 3 is 2.37 bits per heavy atom. The van der Waals surface area contributed by atoms with Gasteiger partial charge in [-0.15, -0.1) is 0 Å². The van der Waals surface area contributed by atoms with Crippen molar-refractivity contribution >= 4 is 32.1 Å². The molecule has 0 saturated carbocycles. The van der Waals surface area contributed by atoms with Crippen LogP contribution >= 0.6 is 12.2 Å². The monoisotopic (exact) mass is 470 g/mol. The van der Waals surface area contributed by atoms with E-state index >= 15 is 0 Å². The first-order valence-electron chi connectivity index (χ1n) is 9.91. The molecule has 1 atom stereocenters. The van der Waals surface area contributed by atoms with Crippen molar-refractivity contribution in [3.8, 4) is 11.3 Å². The van der Waals surface area contributed by atoms with Gasteiger partial charge in [0.15, 0.2) is 14.6 Å². The third-order valence-electron chi connectivity index (χ3n) is 5.90. The Hall–Kier alpha value is -1.53. The second-order valence-corrected chi connectivity index (χ2v) is 12.7. The first-order chi connectivity index (χ1) is 14.2. The zero-order valence-electron chi connectivity index (χ0n) is 16.8. The first-order valence-corrected chi connectivity index (χ1v) is 13.6. The number of sulfone groups is 1. The Balaban J connectivity index is 1.42. The first kappa shape index (κ1) is 21.7. The third kappa shape index (κ3) is 4.26. The maximum Gasteiger partial charge on any atom is 0.218 e. The number of benzene rings is 1. The summed E-state index contributed by atoms with van der Waals surface area (Å²) in [5.74, 6) is -0.288. The minimum absolute atomic E-state index is 0.0349. The number of sulfonamides is 1. The molecule has 0 spiro atoms. The average Bonchev–Trinajstić information content (AvgIpc) is 3.23. The third-order valence-corrected chi connectivity index (χ3v) is 10.7. The highest BCUT2D eigenvalue weighted by molar-refractivity contribution is 7.95. The molecule has 11 heteroatoms. The normalized spacial score (nSPS) is 23.0. The fraction of sp³-hybridized carbons (Fsp3) is 0.526. The summed E-state index contributed by atoms with van der Waals surface area (Å²) in [7, 11) is -4.87. The van der Waals surface area contributed by atoms with Crippen molar-refractivity contribution in [1.29, 1.82) is 0 Å². The smallest absolute Gasteiger partial charge is 0.218 e. The SMILES string of the molecule is Cn1c(-c2ccccc2)cn(CN2CCN(S(=O)(=O)C3CCS(=O)(=O)C3)CC2)c1=S. The summed E-state index contributed by atoms with van der Waals surface area (Å²) in [6.07, 6.45) is 2.23. The predicted octanol–water partition coefficient (Wildman–Crippen LogP) is 1.32. The van der Waals surface area contributed by atoms with E-state index in [2.05, 4.69) is 4.90 Å². The summed E-state index contributed by atoms with van der Waals surface area (Å²) in [5, 5.41) is -0.801. The van der Waals surface area contributed by atoms with Crippen LogP contribution in [0.5, 0.6) is 0 Å². The molecule has 2 fully saturated rings. The maximum absolute atomic E-state index is 12.8. The predicted molar refractivity (Wildman–Crippen MR) is 119 cm³/mol. The van der Waals surface area contributed by atoms with Crippen LogP contribution in [0, 0.1) is 4.77 Å². The molecule has 1 aromatic carbocycles. The fourth-order valence-corrected chi connectivity index (χ4v) is 8.83. The van der Waals surface area contributed by atoms with E-state index < -0.39 is 25.1 Å². The summed E-state index contributed by atoms with van der Waals surface area (Å²) >= 11 is 5.60. The molecule has 1 unspecified atom stereocenters. The molecule has 2 aromatic rings. The lowest BCUT2D eigenvalue weighted by molar-refractivity contribution is 0.151. The number of hydrogen-bond acceptors (Lipinski definition) is 6. The minimum atomic E-state index is -3.58. The lowest BCUT2D eigenvalue weighted by Gasteiger charge is -2.35. The van der Waals surface area contributed by atoms with Crippen LogP contribution < -0.4 is 0 Å². The van der Waals surface area contributed by atoms with Crippen molar-refractivity contribution in [1.82, 2.24) is 18.3 Å². The van der Waals surface area contributed by atoms with Gasteiger partial charge in [0.2, 0.25) is 10.0 Å². The fourth-order valence-electron chi connectivity index (χ4n) is 4.11. The van der Waals surface area contributed by atoms with Gasteiger partial charge in [0.25, 0.3) is 0 Å². The highest BCUT2D eigenvalue weighted by Gasteiger charge is 2.41. The van der Waals surface area contributed by atoms with Crippen LogP contribution in [0.3, 0.4) is 0 Å². The molecule has 0 aliphatic carbocycles. The van der Waals surface area contributed by atoms with Crippen LogP contribution in [0.2, 0.25) is 0 Å². The Morgan fingerprint density at radius 1 is 1.10 bits per heavy atom. The van der Waals surface area contributed by atoms with Gasteiger partial charge in [-0.2, -0.15) is 4.31 Å². The van der Waals surface area contributed by atoms with Crippen molar-refractivity contribution in [2.24, 2.45) is 7.05 Å². The molecule has 30 heavy (non-hydrogen) atoms. The summed E-state index contributed by atoms with van der Waals surface area (Å²) in [4.78, 5) is 2.17. The summed E-state index contributed by atoms with van der Waals surface area (Å²) < 4.78 is 55.1. The van der Waals surface area contributed by atoms with Crippen LogP contribution in [0.4, 0.5) is 0 Å². The lowest BCUT2D eigenvalue weighted by Crippen LogP contribution is -2.51. The second kappa shape index (κ2) is 8.19. The molecule has 4 rings (SSSR count). The Morgan fingerprint density at radius 2 is 1.77 bits per heavy atom. The van der Waals surface area contributed by atoms with Gasteiger partial charge in [0, 0.05) is 39.4 Å². The molecule has 2 aliphatic rings. The molecule has 1 aromatic heterocycles. The van der Waals surface area contributed by atoms with Gasteiger partial charge in [-0.1, -0.05) is 30.3 Å². The van der Waals surface area contributed by atoms with Gasteiger partial charge >= 0.3 is 0 Å². The van der Waals surface area contributed by atoms with Crippen LogP contribution in [0.25, 0.3) is 11.3 Å². The van der Waals surface area contributed by atoms with Crippen molar-refractivity contribution in [3.63, 3.8) is 0 Å². The Labute approximate surface area is 182 Å². The van der Waals surface area contributed by atoms with E-state index in [-0.39, 0.29) is 17.9 Å². The number of imidazole rings is 1. The quantitative estimate of drug-likeness (QED) is 0.613. The molecular formula is C19H26N4O4S3. The average molecular weight is 471 g/mol. The van der Waals surface area contributed by atoms with Gasteiger partial charge in [-0.3, -0.25) is 4.90 Å². The topological polar surface area (TPSA) is 84.6 Å². The van der Waals surface area contributed by atoms with E-state index in [0.29, 0.717) is 37.6 Å². The number of rotatable bonds is 5. The number of piperazine rings is 1. The lowest BCUT2D eigenvalue weighted by atomic mass is 10.2. The molecule has 0 radical (unpaired) electrons. The molecule has 0 amide bonds. The number of hydrogen-bond donors (Lipinski definition) is 0. The Kier molecular flexibility index (Phi) is 5.92. The van der Waals surface area contributed by atoms with Crippen LogP contribution in [0.15, 0.2) is 36.5 Å². The zero-order valence-corrected chi connectivity index (χ0v) is 19.3. The van der Waals surface area contributed by atoms with E-state index in [1.807, 2.05) is 52.7 Å². The number of aromatic nitrogens is 2. The van der Waals surface area contributed by atoms with E-state index in [1.165, 1.54) is 4.31 Å². The molecule has 0 N–H and O–H groups in total. The molecule has 2 saturated heterocycles. The van der Waals surface area contributed by atoms with Crippen molar-refractivity contribution < 1.29 is 16.8 Å². The largest absolute Gasteiger partial charge is 0.320 e. The zero-order chi connectivity index (χ0) is 21.5. The van der Waals surface area contributed by atoms with Crippen LogP contribution in [0.1, 0.15) is 6.42 Å².